The molecule has 15 aliphatic carbocycles. The maximum absolute atomic E-state index is 18.7. The smallest absolute Gasteiger partial charge is 0.339 e. The summed E-state index contributed by atoms with van der Waals surface area (Å²) in [6.07, 6.45) is 39.9. The summed E-state index contributed by atoms with van der Waals surface area (Å²) in [5.41, 5.74) is -5.82. The van der Waals surface area contributed by atoms with E-state index in [0.29, 0.717) is 79.9 Å². The van der Waals surface area contributed by atoms with Crippen molar-refractivity contribution in [2.24, 2.45) is 145 Å². The van der Waals surface area contributed by atoms with E-state index in [1.807, 2.05) is 6.26 Å². The van der Waals surface area contributed by atoms with Crippen LogP contribution in [0.4, 0.5) is 0 Å². The fourth-order valence-corrected chi connectivity index (χ4v) is 33.2. The zero-order valence-electron chi connectivity index (χ0n) is 56.5. The van der Waals surface area contributed by atoms with Crippen molar-refractivity contribution >= 4 is 17.7 Å². The Hall–Kier alpha value is -5.33. The number of hydrogen-bond donors (Lipinski definition) is 4. The summed E-state index contributed by atoms with van der Waals surface area (Å²) in [5.74, 6) is 7.54. The number of nitrogens with zero attached hydrogens (tertiary/aromatic N) is 1. The summed E-state index contributed by atoms with van der Waals surface area (Å²) in [4.78, 5) is 54.8. The number of nitrogens with one attached hydrogen (secondary N) is 1. The van der Waals surface area contributed by atoms with Gasteiger partial charge in [-0.15, -0.1) is 0 Å². The summed E-state index contributed by atoms with van der Waals surface area (Å²) in [5, 5.41) is 42.9. The first-order chi connectivity index (χ1) is 47.7. The van der Waals surface area contributed by atoms with E-state index in [1.54, 1.807) is 0 Å². The van der Waals surface area contributed by atoms with Gasteiger partial charge in [0.2, 0.25) is 0 Å². The molecule has 9 saturated carbocycles. The van der Waals surface area contributed by atoms with Crippen molar-refractivity contribution in [2.45, 2.75) is 182 Å². The maximum Gasteiger partial charge on any atom is 0.339 e. The minimum atomic E-state index is -1.61. The molecule has 13 nitrogen and oxygen atoms in total. The van der Waals surface area contributed by atoms with Gasteiger partial charge in [0.05, 0.1) is 48.5 Å². The van der Waals surface area contributed by atoms with Gasteiger partial charge >= 0.3 is 11.9 Å². The third-order valence-corrected chi connectivity index (χ3v) is 35.5. The van der Waals surface area contributed by atoms with Crippen molar-refractivity contribution in [1.29, 1.82) is 0 Å². The van der Waals surface area contributed by atoms with Crippen LogP contribution in [0.1, 0.15) is 139 Å². The molecule has 0 radical (unpaired) electrons. The Labute approximate surface area is 574 Å². The monoisotopic (exact) mass is 1320 g/mol. The van der Waals surface area contributed by atoms with Crippen LogP contribution in [0.25, 0.3) is 0 Å². The van der Waals surface area contributed by atoms with Crippen molar-refractivity contribution < 1.29 is 53.1 Å². The molecule has 1 aromatic carbocycles. The lowest BCUT2D eigenvalue weighted by Gasteiger charge is -2.75. The van der Waals surface area contributed by atoms with Crippen LogP contribution in [0.3, 0.4) is 0 Å². The molecule has 14 fully saturated rings. The Kier molecular flexibility index (Phi) is 11.0. The third-order valence-electron chi connectivity index (χ3n) is 35.5. The van der Waals surface area contributed by atoms with Gasteiger partial charge in [0.1, 0.15) is 35.1 Å². The first-order valence-electron chi connectivity index (χ1n) is 39.3. The highest BCUT2D eigenvalue weighted by Crippen LogP contribution is 2.95. The van der Waals surface area contributed by atoms with Crippen LogP contribution in [0.5, 0.6) is 0 Å². The molecule has 12 bridgehead atoms. The molecule has 98 heavy (non-hydrogen) atoms. The van der Waals surface area contributed by atoms with Crippen LogP contribution in [0.15, 0.2) is 113 Å². The molecule has 0 amide bonds. The quantitative estimate of drug-likeness (QED) is 0.0891. The van der Waals surface area contributed by atoms with Gasteiger partial charge in [0.15, 0.2) is 17.5 Å². The number of esters is 2. The number of rotatable bonds is 7. The number of carbonyl (C=O) groups is 3. The van der Waals surface area contributed by atoms with Gasteiger partial charge in [-0.2, -0.15) is 0 Å². The summed E-state index contributed by atoms with van der Waals surface area (Å²) in [6.45, 7) is 3.81. The molecule has 5 saturated heterocycles. The second-order valence-corrected chi connectivity index (χ2v) is 37.4. The van der Waals surface area contributed by atoms with Gasteiger partial charge in [0, 0.05) is 58.6 Å². The molecule has 9 spiro atoms. The number of Topliss-reactive ketones (excluding diaryl/α,β-unsaturated/α-hetero) is 1. The largest absolute Gasteiger partial charge is 0.469 e. The highest BCUT2D eigenvalue weighted by Gasteiger charge is 3.03. The number of epoxide rings is 1. The standard InChI is InChI=1S/C85H94N2O11/c1-76-37-53-38-77-36-46-22-26-80(77)75(93)95-42-79-70(53)81(72(91)69(90)71(79)82-55-19-13-48-16-21-61-58-9-5-8-47(58)23-25-78(61,62(48)33-55)67(82)34-57(32-56(77)29-46)84(79,80)98-82)63-30-45(28-44-6-3-2-4-7-44)10-11-49(63)12-17-54-18-14-52-41-94-66(68(52)83(54,76)97-74(92)73-85(76,81)96-73)35-60(65(89)40-88)50-15-20-59-51(31-50)24-27-87-43-86-39-64(59)87/h2-4,6-7,13,16,19,22-27,34,41,45-47,49-51,53-56,58-65,67,70-73,86,88-89,91H,5,8-11,14-15,18,20-21,28-33,35-40,42-43H2,1H3. The normalized spacial score (nSPS) is 55.9. The Morgan fingerprint density at radius 2 is 1.81 bits per heavy atom. The molecular formula is C85H94N2O11. The second kappa shape index (κ2) is 18.5. The van der Waals surface area contributed by atoms with Crippen molar-refractivity contribution in [1.82, 2.24) is 10.2 Å². The first kappa shape index (κ1) is 58.2. The van der Waals surface area contributed by atoms with Gasteiger partial charge in [0.25, 0.3) is 0 Å². The highest BCUT2D eigenvalue weighted by molar-refractivity contribution is 5.96. The Morgan fingerprint density at radius 1 is 0.898 bits per heavy atom. The van der Waals surface area contributed by atoms with Crippen LogP contribution >= 0.6 is 0 Å². The van der Waals surface area contributed by atoms with Crippen LogP contribution in [0, 0.1) is 157 Å². The topological polar surface area (TPSA) is 181 Å². The molecule has 24 rings (SSSR count). The van der Waals surface area contributed by atoms with Crippen molar-refractivity contribution in [2.75, 3.05) is 26.4 Å². The Morgan fingerprint density at radius 3 is 2.70 bits per heavy atom. The molecule has 2 aromatic rings. The van der Waals surface area contributed by atoms with E-state index in [4.69, 9.17) is 18.6 Å². The van der Waals surface area contributed by atoms with Crippen LogP contribution in [-0.2, 0) is 58.2 Å². The van der Waals surface area contributed by atoms with E-state index in [0.717, 1.165) is 95.0 Å². The van der Waals surface area contributed by atoms with E-state index in [-0.39, 0.29) is 83.0 Å². The van der Waals surface area contributed by atoms with Crippen molar-refractivity contribution in [3.8, 4) is 11.8 Å². The number of hydrogen-bond acceptors (Lipinski definition) is 13. The van der Waals surface area contributed by atoms with Gasteiger partial charge in [-0.1, -0.05) is 110 Å². The van der Waals surface area contributed by atoms with E-state index >= 15 is 19.5 Å². The number of ketones is 1. The Bertz CT molecular complexity index is 4230. The number of carbonyl (C=O) groups excluding carboxylic acids is 3. The number of fused-ring (bicyclic) bond motifs is 9. The minimum Gasteiger partial charge on any atom is -0.469 e. The fraction of sp³-hybridized carbons (Fsp3) is 0.682. The molecule has 13 heteroatoms. The number of benzene rings is 1. The zero-order chi connectivity index (χ0) is 65.0. The molecular weight excluding hydrogens is 1220 g/mol. The number of aryl methyl sites for hydroxylation is 1. The van der Waals surface area contributed by atoms with Crippen LogP contribution in [0.2, 0.25) is 0 Å². The molecule has 7 aliphatic heterocycles. The van der Waals surface area contributed by atoms with Crippen LogP contribution < -0.4 is 5.32 Å². The molecule has 8 heterocycles. The summed E-state index contributed by atoms with van der Waals surface area (Å²) < 4.78 is 39.7. The summed E-state index contributed by atoms with van der Waals surface area (Å²) in [6, 6.07) is 11.3. The van der Waals surface area contributed by atoms with E-state index in [2.05, 4.69) is 120 Å². The molecule has 22 aliphatic rings. The van der Waals surface area contributed by atoms with E-state index in [1.165, 1.54) is 36.0 Å². The van der Waals surface area contributed by atoms with Gasteiger partial charge in [-0.3, -0.25) is 14.9 Å². The number of aliphatic hydroxyl groups is 3. The zero-order valence-corrected chi connectivity index (χ0v) is 56.5. The van der Waals surface area contributed by atoms with Gasteiger partial charge < -0.3 is 43.6 Å². The van der Waals surface area contributed by atoms with Crippen molar-refractivity contribution in [3.63, 3.8) is 0 Å². The minimum absolute atomic E-state index is 0.00339. The van der Waals surface area contributed by atoms with Crippen molar-refractivity contribution in [3.05, 3.63) is 131 Å². The Balaban J connectivity index is 0.764. The first-order valence-corrected chi connectivity index (χ1v) is 39.3. The lowest BCUT2D eigenvalue weighted by Crippen LogP contribution is -2.85. The molecule has 510 valence electrons. The van der Waals surface area contributed by atoms with E-state index in [9.17, 15) is 14.9 Å². The molecule has 33 unspecified atom stereocenters. The number of cyclic esters (lactones) is 1. The second-order valence-electron chi connectivity index (χ2n) is 37.4. The predicted octanol–water partition coefficient (Wildman–Crippen LogP) is 10.6. The third kappa shape index (κ3) is 5.90. The van der Waals surface area contributed by atoms with E-state index < -0.39 is 104 Å². The van der Waals surface area contributed by atoms with Crippen LogP contribution in [-0.4, -0.2) is 106 Å². The maximum atomic E-state index is 18.7. The fourth-order valence-electron chi connectivity index (χ4n) is 33.2. The molecule has 4 N–H and O–H groups in total. The number of ether oxygens (including phenoxy) is 4. The average molecular weight is 1320 g/mol. The number of furan rings is 1. The number of aliphatic hydroxyl groups excluding tert-OH is 3. The SMILES string of the molecule is CC12CC3CC45CC6C=CC47C(=O)OCC48C(C(=O)C(O)C9(C%10CC(Cc%11ccccc%11)CCC%10C#CC%10CCc%11coc(CC(C(O)CO)C%12CCC%13C(C=CN%14CNCC%13%14)C%12)c%11C%101OC(=O)C1OC192)C34)C12OC87C(=CC1C13C=CC4CCCC4C1CC=C1C=CC2CC13)CC5C6. The lowest BCUT2D eigenvalue weighted by atomic mass is 9.27. The van der Waals surface area contributed by atoms with Gasteiger partial charge in [-0.25, -0.2) is 4.79 Å². The lowest BCUT2D eigenvalue weighted by molar-refractivity contribution is -0.324. The number of allylic oxidation sites excluding steroid dienone is 7. The highest BCUT2D eigenvalue weighted by atomic mass is 16.7. The summed E-state index contributed by atoms with van der Waals surface area (Å²) >= 11 is 0. The molecule has 1 aromatic heterocycles. The molecule has 33 atom stereocenters. The average Bonchev–Trinajstić information content (AvgIpc) is 1.39. The van der Waals surface area contributed by atoms with Gasteiger partial charge in [-0.05, 0) is 232 Å². The predicted molar refractivity (Wildman–Crippen MR) is 357 cm³/mol. The summed E-state index contributed by atoms with van der Waals surface area (Å²) in [7, 11) is 0.